The van der Waals surface area contributed by atoms with E-state index in [1.54, 1.807) is 18.1 Å². The Kier molecular flexibility index (Phi) is 6.68. The molecule has 0 saturated heterocycles. The molecule has 2 amide bonds. The van der Waals surface area contributed by atoms with Gasteiger partial charge >= 0.3 is 0 Å². The summed E-state index contributed by atoms with van der Waals surface area (Å²) in [7, 11) is 1.60. The first-order chi connectivity index (χ1) is 15.5. The fourth-order valence-corrected chi connectivity index (χ4v) is 4.78. The Morgan fingerprint density at radius 2 is 1.84 bits per heavy atom. The number of carbonyl (C=O) groups excluding carboxylic acids is 2. The molecule has 2 aromatic carbocycles. The number of nitrogens with one attached hydrogen (secondary N) is 1. The quantitative estimate of drug-likeness (QED) is 0.695. The van der Waals surface area contributed by atoms with E-state index in [4.69, 9.17) is 9.47 Å². The van der Waals surface area contributed by atoms with Gasteiger partial charge in [-0.3, -0.25) is 9.59 Å². The zero-order valence-corrected chi connectivity index (χ0v) is 19.1. The number of hydrogen-bond acceptors (Lipinski definition) is 4. The molecule has 6 heteroatoms. The van der Waals surface area contributed by atoms with E-state index >= 15 is 0 Å². The molecule has 170 valence electrons. The predicted octanol–water partition coefficient (Wildman–Crippen LogP) is 4.49. The van der Waals surface area contributed by atoms with Gasteiger partial charge in [0.2, 0.25) is 5.91 Å². The highest BCUT2D eigenvalue weighted by atomic mass is 16.5. The number of carbonyl (C=O) groups is 2. The maximum atomic E-state index is 13.4. The fraction of sp³-hybridized carbons (Fsp3) is 0.462. The van der Waals surface area contributed by atoms with Crippen LogP contribution < -0.4 is 14.8 Å². The zero-order chi connectivity index (χ0) is 22.7. The standard InChI is InChI=1S/C26H32N2O4/c1-4-32-22-14-11-18(15-23(22)31-3)16-28-24(20-7-5-6-8-21(20)26(28)30)25(29)27-19-12-9-17(2)10-13-19/h5-8,11,14-15,17,19,24H,4,9-10,12-13,16H2,1-3H3,(H,27,29). The van der Waals surface area contributed by atoms with Gasteiger partial charge in [0.1, 0.15) is 6.04 Å². The van der Waals surface area contributed by atoms with Gasteiger partial charge in [0, 0.05) is 18.2 Å². The van der Waals surface area contributed by atoms with Crippen LogP contribution in [0.2, 0.25) is 0 Å². The molecule has 1 atom stereocenters. The SMILES string of the molecule is CCOc1ccc(CN2C(=O)c3ccccc3C2C(=O)NC2CCC(C)CC2)cc1OC. The number of ether oxygens (including phenoxy) is 2. The molecule has 2 aliphatic rings. The minimum Gasteiger partial charge on any atom is -0.493 e. The lowest BCUT2D eigenvalue weighted by Gasteiger charge is -2.30. The molecule has 0 spiro atoms. The van der Waals surface area contributed by atoms with Crippen molar-refractivity contribution in [2.75, 3.05) is 13.7 Å². The third-order valence-electron chi connectivity index (χ3n) is 6.55. The molecule has 1 aliphatic heterocycles. The van der Waals surface area contributed by atoms with Gasteiger partial charge in [0.25, 0.3) is 5.91 Å². The zero-order valence-electron chi connectivity index (χ0n) is 19.1. The highest BCUT2D eigenvalue weighted by molar-refractivity contribution is 6.04. The molecule has 0 aromatic heterocycles. The Hall–Kier alpha value is -3.02. The van der Waals surface area contributed by atoms with Crippen LogP contribution in [-0.2, 0) is 11.3 Å². The lowest BCUT2D eigenvalue weighted by Crippen LogP contribution is -2.44. The molecule has 2 aromatic rings. The van der Waals surface area contributed by atoms with E-state index in [9.17, 15) is 9.59 Å². The summed E-state index contributed by atoms with van der Waals surface area (Å²) in [5.41, 5.74) is 2.26. The van der Waals surface area contributed by atoms with Gasteiger partial charge in [-0.25, -0.2) is 0 Å². The largest absolute Gasteiger partial charge is 0.493 e. The number of fused-ring (bicyclic) bond motifs is 1. The van der Waals surface area contributed by atoms with Crippen molar-refractivity contribution in [2.45, 2.75) is 58.2 Å². The van der Waals surface area contributed by atoms with Crippen molar-refractivity contribution >= 4 is 11.8 Å². The molecule has 1 unspecified atom stereocenters. The minimum atomic E-state index is -0.629. The van der Waals surface area contributed by atoms with Gasteiger partial charge in [-0.2, -0.15) is 0 Å². The van der Waals surface area contributed by atoms with Crippen LogP contribution >= 0.6 is 0 Å². The average Bonchev–Trinajstić information content (AvgIpc) is 3.08. The lowest BCUT2D eigenvalue weighted by atomic mass is 9.87. The maximum absolute atomic E-state index is 13.4. The summed E-state index contributed by atoms with van der Waals surface area (Å²) in [5.74, 6) is 1.77. The fourth-order valence-electron chi connectivity index (χ4n) is 4.78. The summed E-state index contributed by atoms with van der Waals surface area (Å²) >= 11 is 0. The van der Waals surface area contributed by atoms with Gasteiger partial charge < -0.3 is 19.7 Å². The Morgan fingerprint density at radius 1 is 1.09 bits per heavy atom. The number of amides is 2. The molecule has 1 N–H and O–H groups in total. The van der Waals surface area contributed by atoms with Crippen LogP contribution in [0, 0.1) is 5.92 Å². The van der Waals surface area contributed by atoms with E-state index in [-0.39, 0.29) is 17.9 Å². The Labute approximate surface area is 189 Å². The van der Waals surface area contributed by atoms with Crippen molar-refractivity contribution in [3.63, 3.8) is 0 Å². The van der Waals surface area contributed by atoms with Crippen molar-refractivity contribution in [1.29, 1.82) is 0 Å². The summed E-state index contributed by atoms with van der Waals surface area (Å²) in [4.78, 5) is 28.3. The Balaban J connectivity index is 1.58. The number of hydrogen-bond donors (Lipinski definition) is 1. The van der Waals surface area contributed by atoms with Crippen LogP contribution in [0.25, 0.3) is 0 Å². The van der Waals surface area contributed by atoms with Crippen LogP contribution in [0.4, 0.5) is 0 Å². The summed E-state index contributed by atoms with van der Waals surface area (Å²) in [6.45, 7) is 5.04. The smallest absolute Gasteiger partial charge is 0.255 e. The summed E-state index contributed by atoms with van der Waals surface area (Å²) in [6.07, 6.45) is 4.23. The molecule has 0 radical (unpaired) electrons. The predicted molar refractivity (Wildman–Crippen MR) is 123 cm³/mol. The molecule has 1 fully saturated rings. The third kappa shape index (κ3) is 4.45. The van der Waals surface area contributed by atoms with Crippen molar-refractivity contribution in [3.05, 3.63) is 59.2 Å². The topological polar surface area (TPSA) is 67.9 Å². The molecule has 0 bridgehead atoms. The van der Waals surface area contributed by atoms with Gasteiger partial charge in [-0.1, -0.05) is 31.2 Å². The summed E-state index contributed by atoms with van der Waals surface area (Å²) in [6, 6.07) is 12.6. The van der Waals surface area contributed by atoms with E-state index < -0.39 is 6.04 Å². The summed E-state index contributed by atoms with van der Waals surface area (Å²) in [5, 5.41) is 3.23. The second-order valence-corrected chi connectivity index (χ2v) is 8.81. The van der Waals surface area contributed by atoms with Crippen LogP contribution in [0.1, 0.15) is 67.1 Å². The van der Waals surface area contributed by atoms with Gasteiger partial charge in [0.05, 0.1) is 13.7 Å². The van der Waals surface area contributed by atoms with E-state index in [1.807, 2.05) is 43.3 Å². The highest BCUT2D eigenvalue weighted by Crippen LogP contribution is 2.37. The van der Waals surface area contributed by atoms with Gasteiger partial charge in [-0.05, 0) is 67.9 Å². The third-order valence-corrected chi connectivity index (χ3v) is 6.55. The minimum absolute atomic E-state index is 0.0965. The molecular weight excluding hydrogens is 404 g/mol. The maximum Gasteiger partial charge on any atom is 0.255 e. The van der Waals surface area contributed by atoms with Crippen LogP contribution in [0.3, 0.4) is 0 Å². The van der Waals surface area contributed by atoms with Crippen LogP contribution in [0.5, 0.6) is 11.5 Å². The molecule has 1 saturated carbocycles. The molecule has 6 nitrogen and oxygen atoms in total. The molecule has 32 heavy (non-hydrogen) atoms. The van der Waals surface area contributed by atoms with Crippen molar-refractivity contribution in [2.24, 2.45) is 5.92 Å². The molecule has 4 rings (SSSR count). The van der Waals surface area contributed by atoms with E-state index in [0.717, 1.165) is 36.8 Å². The summed E-state index contributed by atoms with van der Waals surface area (Å²) < 4.78 is 11.1. The van der Waals surface area contributed by atoms with Crippen molar-refractivity contribution in [3.8, 4) is 11.5 Å². The second-order valence-electron chi connectivity index (χ2n) is 8.81. The monoisotopic (exact) mass is 436 g/mol. The van der Waals surface area contributed by atoms with E-state index in [1.165, 1.54) is 0 Å². The number of methoxy groups -OCH3 is 1. The Morgan fingerprint density at radius 3 is 2.56 bits per heavy atom. The number of nitrogens with zero attached hydrogens (tertiary/aromatic N) is 1. The molecule has 1 aliphatic carbocycles. The number of rotatable bonds is 7. The lowest BCUT2D eigenvalue weighted by molar-refractivity contribution is -0.126. The first-order valence-corrected chi connectivity index (χ1v) is 11.5. The van der Waals surface area contributed by atoms with Crippen molar-refractivity contribution in [1.82, 2.24) is 10.2 Å². The second kappa shape index (κ2) is 9.63. The van der Waals surface area contributed by atoms with E-state index in [0.29, 0.717) is 36.1 Å². The molecule has 1 heterocycles. The van der Waals surface area contributed by atoms with Crippen molar-refractivity contribution < 1.29 is 19.1 Å². The highest BCUT2D eigenvalue weighted by Gasteiger charge is 2.41. The average molecular weight is 437 g/mol. The normalized spacial score (nSPS) is 22.4. The number of benzene rings is 2. The Bertz CT molecular complexity index is 982. The van der Waals surface area contributed by atoms with Crippen LogP contribution in [0.15, 0.2) is 42.5 Å². The molecular formula is C26H32N2O4. The van der Waals surface area contributed by atoms with Gasteiger partial charge in [0.15, 0.2) is 11.5 Å². The first-order valence-electron chi connectivity index (χ1n) is 11.5. The van der Waals surface area contributed by atoms with E-state index in [2.05, 4.69) is 12.2 Å². The first kappa shape index (κ1) is 22.2. The van der Waals surface area contributed by atoms with Crippen LogP contribution in [-0.4, -0.2) is 36.5 Å². The van der Waals surface area contributed by atoms with Gasteiger partial charge in [-0.15, -0.1) is 0 Å².